The molecule has 1 aromatic heterocycles. The summed E-state index contributed by atoms with van der Waals surface area (Å²) in [5.74, 6) is 0.320. The first-order valence-electron chi connectivity index (χ1n) is 5.39. The standard InChI is InChI=1S/C11H17N3O3/c1-8(2)14(5-4-11(15)16)9-6-10(17-3)13-7-12-9/h6-8H,4-5H2,1-3H3,(H,15,16). The van der Waals surface area contributed by atoms with Crippen LogP contribution in [0.4, 0.5) is 5.82 Å². The van der Waals surface area contributed by atoms with Crippen LogP contribution in [0.15, 0.2) is 12.4 Å². The van der Waals surface area contributed by atoms with Crippen molar-refractivity contribution in [3.8, 4) is 5.88 Å². The van der Waals surface area contributed by atoms with Crippen molar-refractivity contribution in [1.82, 2.24) is 9.97 Å². The molecule has 6 heteroatoms. The monoisotopic (exact) mass is 239 g/mol. The highest BCUT2D eigenvalue weighted by Crippen LogP contribution is 2.17. The Morgan fingerprint density at radius 3 is 2.76 bits per heavy atom. The van der Waals surface area contributed by atoms with Gasteiger partial charge in [0, 0.05) is 18.7 Å². The SMILES string of the molecule is COc1cc(N(CCC(=O)O)C(C)C)ncn1. The topological polar surface area (TPSA) is 75.5 Å². The van der Waals surface area contributed by atoms with E-state index in [1.165, 1.54) is 13.4 Å². The van der Waals surface area contributed by atoms with Crippen molar-refractivity contribution in [3.63, 3.8) is 0 Å². The molecule has 0 fully saturated rings. The lowest BCUT2D eigenvalue weighted by Gasteiger charge is -2.27. The summed E-state index contributed by atoms with van der Waals surface area (Å²) >= 11 is 0. The van der Waals surface area contributed by atoms with Crippen LogP contribution in [0.5, 0.6) is 5.88 Å². The van der Waals surface area contributed by atoms with Gasteiger partial charge >= 0.3 is 5.97 Å². The lowest BCUT2D eigenvalue weighted by atomic mass is 10.3. The molecular formula is C11H17N3O3. The predicted octanol–water partition coefficient (Wildman–Crippen LogP) is 1.17. The highest BCUT2D eigenvalue weighted by Gasteiger charge is 2.14. The smallest absolute Gasteiger partial charge is 0.305 e. The number of hydrogen-bond acceptors (Lipinski definition) is 5. The van der Waals surface area contributed by atoms with Crippen molar-refractivity contribution >= 4 is 11.8 Å². The first-order valence-corrected chi connectivity index (χ1v) is 5.39. The van der Waals surface area contributed by atoms with Crippen LogP contribution in [0.2, 0.25) is 0 Å². The Morgan fingerprint density at radius 2 is 2.24 bits per heavy atom. The van der Waals surface area contributed by atoms with Gasteiger partial charge in [0.05, 0.1) is 13.5 Å². The molecule has 1 rings (SSSR count). The first kappa shape index (κ1) is 13.2. The van der Waals surface area contributed by atoms with E-state index in [0.717, 1.165) is 0 Å². The fraction of sp³-hybridized carbons (Fsp3) is 0.545. The van der Waals surface area contributed by atoms with E-state index in [0.29, 0.717) is 18.2 Å². The second kappa shape index (κ2) is 6.03. The third-order valence-electron chi connectivity index (χ3n) is 2.32. The number of ether oxygens (including phenoxy) is 1. The van der Waals surface area contributed by atoms with Gasteiger partial charge in [-0.05, 0) is 13.8 Å². The van der Waals surface area contributed by atoms with Crippen LogP contribution in [0.25, 0.3) is 0 Å². The quantitative estimate of drug-likeness (QED) is 0.803. The van der Waals surface area contributed by atoms with E-state index in [4.69, 9.17) is 9.84 Å². The highest BCUT2D eigenvalue weighted by atomic mass is 16.5. The molecule has 0 aliphatic heterocycles. The molecule has 0 spiro atoms. The van der Waals surface area contributed by atoms with Crippen molar-refractivity contribution in [2.75, 3.05) is 18.6 Å². The van der Waals surface area contributed by atoms with E-state index in [1.807, 2.05) is 18.7 Å². The summed E-state index contributed by atoms with van der Waals surface area (Å²) in [6, 6.07) is 1.86. The third kappa shape index (κ3) is 3.90. The van der Waals surface area contributed by atoms with Crippen molar-refractivity contribution in [2.45, 2.75) is 26.3 Å². The summed E-state index contributed by atoms with van der Waals surface area (Å²) in [7, 11) is 1.53. The number of rotatable bonds is 6. The number of anilines is 1. The van der Waals surface area contributed by atoms with Gasteiger partial charge in [-0.25, -0.2) is 9.97 Å². The maximum absolute atomic E-state index is 10.6. The van der Waals surface area contributed by atoms with Crippen LogP contribution in [-0.4, -0.2) is 40.7 Å². The molecule has 1 N–H and O–H groups in total. The number of nitrogens with zero attached hydrogens (tertiary/aromatic N) is 3. The molecule has 0 aliphatic carbocycles. The average molecular weight is 239 g/mol. The largest absolute Gasteiger partial charge is 0.481 e. The predicted molar refractivity (Wildman–Crippen MR) is 63.3 cm³/mol. The van der Waals surface area contributed by atoms with Gasteiger partial charge in [0.2, 0.25) is 5.88 Å². The lowest BCUT2D eigenvalue weighted by Crippen LogP contribution is -2.33. The number of methoxy groups -OCH3 is 1. The van der Waals surface area contributed by atoms with Gasteiger partial charge in [-0.2, -0.15) is 0 Å². The van der Waals surface area contributed by atoms with E-state index < -0.39 is 5.97 Å². The Morgan fingerprint density at radius 1 is 1.53 bits per heavy atom. The van der Waals surface area contributed by atoms with Crippen molar-refractivity contribution < 1.29 is 14.6 Å². The maximum atomic E-state index is 10.6. The number of carboxylic acid groups (broad SMARTS) is 1. The van der Waals surface area contributed by atoms with Crippen LogP contribution in [0.3, 0.4) is 0 Å². The fourth-order valence-corrected chi connectivity index (χ4v) is 1.45. The zero-order valence-electron chi connectivity index (χ0n) is 10.3. The van der Waals surface area contributed by atoms with E-state index in [2.05, 4.69) is 9.97 Å². The summed E-state index contributed by atoms with van der Waals surface area (Å²) in [5, 5.41) is 8.71. The summed E-state index contributed by atoms with van der Waals surface area (Å²) in [5.41, 5.74) is 0. The summed E-state index contributed by atoms with van der Waals surface area (Å²) in [6.07, 6.45) is 1.48. The average Bonchev–Trinajstić information content (AvgIpc) is 2.28. The Bertz CT molecular complexity index is 382. The molecule has 1 heterocycles. The molecule has 0 atom stereocenters. The number of hydrogen-bond donors (Lipinski definition) is 1. The summed E-state index contributed by atoms with van der Waals surface area (Å²) in [4.78, 5) is 20.5. The maximum Gasteiger partial charge on any atom is 0.305 e. The molecule has 17 heavy (non-hydrogen) atoms. The van der Waals surface area contributed by atoms with Gasteiger partial charge in [-0.15, -0.1) is 0 Å². The van der Waals surface area contributed by atoms with E-state index >= 15 is 0 Å². The van der Waals surface area contributed by atoms with Gasteiger partial charge in [0.25, 0.3) is 0 Å². The molecule has 0 aromatic carbocycles. The van der Waals surface area contributed by atoms with E-state index in [-0.39, 0.29) is 12.5 Å². The van der Waals surface area contributed by atoms with Crippen molar-refractivity contribution in [2.24, 2.45) is 0 Å². The van der Waals surface area contributed by atoms with E-state index in [1.54, 1.807) is 6.07 Å². The third-order valence-corrected chi connectivity index (χ3v) is 2.32. The Labute approximate surface area is 100 Å². The van der Waals surface area contributed by atoms with Crippen LogP contribution in [0.1, 0.15) is 20.3 Å². The molecule has 0 unspecified atom stereocenters. The molecule has 0 amide bonds. The normalized spacial score (nSPS) is 10.4. The molecule has 6 nitrogen and oxygen atoms in total. The number of aromatic nitrogens is 2. The summed E-state index contributed by atoms with van der Waals surface area (Å²) < 4.78 is 5.02. The minimum atomic E-state index is -0.823. The minimum absolute atomic E-state index is 0.0739. The highest BCUT2D eigenvalue weighted by molar-refractivity contribution is 5.67. The molecule has 0 aliphatic rings. The molecular weight excluding hydrogens is 222 g/mol. The molecule has 0 bridgehead atoms. The zero-order chi connectivity index (χ0) is 12.8. The number of carbonyl (C=O) groups is 1. The Kier molecular flexibility index (Phi) is 4.68. The molecule has 0 saturated carbocycles. The van der Waals surface area contributed by atoms with Crippen LogP contribution < -0.4 is 9.64 Å². The van der Waals surface area contributed by atoms with Gasteiger partial charge in [0.1, 0.15) is 12.1 Å². The van der Waals surface area contributed by atoms with Gasteiger partial charge in [-0.3, -0.25) is 4.79 Å². The first-order chi connectivity index (χ1) is 8.04. The number of carboxylic acids is 1. The molecule has 1 aromatic rings. The van der Waals surface area contributed by atoms with Crippen LogP contribution >= 0.6 is 0 Å². The van der Waals surface area contributed by atoms with Crippen molar-refractivity contribution in [1.29, 1.82) is 0 Å². The second-order valence-electron chi connectivity index (χ2n) is 3.85. The molecule has 0 saturated heterocycles. The second-order valence-corrected chi connectivity index (χ2v) is 3.85. The molecule has 0 radical (unpaired) electrons. The van der Waals surface area contributed by atoms with Gasteiger partial charge in [0.15, 0.2) is 0 Å². The minimum Gasteiger partial charge on any atom is -0.481 e. The van der Waals surface area contributed by atoms with Crippen LogP contribution in [-0.2, 0) is 4.79 Å². The van der Waals surface area contributed by atoms with E-state index in [9.17, 15) is 4.79 Å². The lowest BCUT2D eigenvalue weighted by molar-refractivity contribution is -0.136. The fourth-order valence-electron chi connectivity index (χ4n) is 1.45. The van der Waals surface area contributed by atoms with Crippen LogP contribution in [0, 0.1) is 0 Å². The van der Waals surface area contributed by atoms with Crippen molar-refractivity contribution in [3.05, 3.63) is 12.4 Å². The Balaban J connectivity index is 2.84. The van der Waals surface area contributed by atoms with Gasteiger partial charge < -0.3 is 14.7 Å². The van der Waals surface area contributed by atoms with Gasteiger partial charge in [-0.1, -0.05) is 0 Å². The number of aliphatic carboxylic acids is 1. The molecule has 94 valence electrons. The summed E-state index contributed by atoms with van der Waals surface area (Å²) in [6.45, 7) is 4.38. The Hall–Kier alpha value is -1.85. The zero-order valence-corrected chi connectivity index (χ0v) is 10.3.